The van der Waals surface area contributed by atoms with Gasteiger partial charge in [-0.3, -0.25) is 4.98 Å². The Morgan fingerprint density at radius 2 is 1.80 bits per heavy atom. The summed E-state index contributed by atoms with van der Waals surface area (Å²) in [6, 6.07) is 17.2. The Kier molecular flexibility index (Phi) is 5.89. The fourth-order valence-corrected chi connectivity index (χ4v) is 2.93. The first kappa shape index (κ1) is 19.4. The van der Waals surface area contributed by atoms with Crippen LogP contribution in [-0.2, 0) is 0 Å². The Labute approximate surface area is 174 Å². The third-order valence-corrected chi connectivity index (χ3v) is 4.53. The van der Waals surface area contributed by atoms with E-state index >= 15 is 0 Å². The van der Waals surface area contributed by atoms with Crippen molar-refractivity contribution >= 4 is 28.1 Å². The summed E-state index contributed by atoms with van der Waals surface area (Å²) in [5, 5.41) is 4.18. The Morgan fingerprint density at radius 3 is 2.63 bits per heavy atom. The summed E-state index contributed by atoms with van der Waals surface area (Å²) in [7, 11) is 0. The minimum Gasteiger partial charge on any atom is -0.494 e. The molecule has 0 aliphatic heterocycles. The highest BCUT2D eigenvalue weighted by Crippen LogP contribution is 2.33. The van der Waals surface area contributed by atoms with Crippen LogP contribution in [0.15, 0.2) is 67.1 Å². The Hall–Kier alpha value is -3.87. The quantitative estimate of drug-likeness (QED) is 0.386. The fourth-order valence-electron chi connectivity index (χ4n) is 2.93. The zero-order chi connectivity index (χ0) is 20.8. The lowest BCUT2D eigenvalue weighted by Crippen LogP contribution is -2.03. The van der Waals surface area contributed by atoms with E-state index in [0.29, 0.717) is 23.9 Å². The molecular formula is C23H23N5O2. The number of aromatic nitrogens is 3. The first-order valence-corrected chi connectivity index (χ1v) is 9.86. The van der Waals surface area contributed by atoms with E-state index in [1.807, 2.05) is 54.6 Å². The second-order valence-electron chi connectivity index (χ2n) is 6.73. The van der Waals surface area contributed by atoms with Crippen LogP contribution in [0.5, 0.6) is 17.4 Å². The summed E-state index contributed by atoms with van der Waals surface area (Å²) in [4.78, 5) is 12.8. The molecule has 7 heteroatoms. The van der Waals surface area contributed by atoms with Gasteiger partial charge in [-0.15, -0.1) is 0 Å². The summed E-state index contributed by atoms with van der Waals surface area (Å²) in [6.45, 7) is 2.85. The Balaban J connectivity index is 1.52. The summed E-state index contributed by atoms with van der Waals surface area (Å²) < 4.78 is 11.7. The number of nitrogens with two attached hydrogens (primary N) is 1. The molecule has 4 rings (SSSR count). The smallest absolute Gasteiger partial charge is 0.248 e. The van der Waals surface area contributed by atoms with Gasteiger partial charge in [0.1, 0.15) is 23.3 Å². The second-order valence-corrected chi connectivity index (χ2v) is 6.73. The van der Waals surface area contributed by atoms with Crippen molar-refractivity contribution in [2.45, 2.75) is 19.8 Å². The van der Waals surface area contributed by atoms with Gasteiger partial charge in [0.05, 0.1) is 6.61 Å². The monoisotopic (exact) mass is 401 g/mol. The second kappa shape index (κ2) is 9.09. The molecule has 0 saturated carbocycles. The van der Waals surface area contributed by atoms with E-state index in [-0.39, 0.29) is 5.88 Å². The first-order chi connectivity index (χ1) is 14.7. The number of nitrogens with one attached hydrogen (secondary N) is 1. The molecule has 0 radical (unpaired) electrons. The van der Waals surface area contributed by atoms with Gasteiger partial charge in [0.25, 0.3) is 0 Å². The number of fused-ring (bicyclic) bond motifs is 1. The molecule has 7 nitrogen and oxygen atoms in total. The van der Waals surface area contributed by atoms with Crippen LogP contribution in [0.1, 0.15) is 19.8 Å². The van der Waals surface area contributed by atoms with Crippen LogP contribution in [0.4, 0.5) is 17.2 Å². The Bertz CT molecular complexity index is 1130. The van der Waals surface area contributed by atoms with Crippen LogP contribution in [-0.4, -0.2) is 21.6 Å². The highest BCUT2D eigenvalue weighted by Gasteiger charge is 2.13. The van der Waals surface area contributed by atoms with E-state index in [4.69, 9.17) is 15.2 Å². The van der Waals surface area contributed by atoms with Crippen molar-refractivity contribution < 1.29 is 9.47 Å². The largest absolute Gasteiger partial charge is 0.494 e. The topological polar surface area (TPSA) is 95.2 Å². The van der Waals surface area contributed by atoms with Crippen LogP contribution < -0.4 is 20.5 Å². The van der Waals surface area contributed by atoms with Gasteiger partial charge < -0.3 is 20.5 Å². The van der Waals surface area contributed by atoms with Crippen LogP contribution in [0.3, 0.4) is 0 Å². The van der Waals surface area contributed by atoms with Crippen LogP contribution >= 0.6 is 0 Å². The van der Waals surface area contributed by atoms with Gasteiger partial charge in [-0.05, 0) is 42.8 Å². The average molecular weight is 401 g/mol. The maximum atomic E-state index is 6.28. The van der Waals surface area contributed by atoms with E-state index in [0.717, 1.165) is 35.2 Å². The number of unbranched alkanes of at least 4 members (excludes halogenated alkanes) is 1. The molecule has 30 heavy (non-hydrogen) atoms. The van der Waals surface area contributed by atoms with Gasteiger partial charge in [-0.2, -0.15) is 4.98 Å². The molecule has 0 amide bonds. The molecular weight excluding hydrogens is 378 g/mol. The van der Waals surface area contributed by atoms with E-state index < -0.39 is 0 Å². The molecule has 0 atom stereocenters. The van der Waals surface area contributed by atoms with Gasteiger partial charge in [0, 0.05) is 17.3 Å². The van der Waals surface area contributed by atoms with Gasteiger partial charge in [-0.25, -0.2) is 4.98 Å². The summed E-state index contributed by atoms with van der Waals surface area (Å²) in [5.74, 6) is 2.15. The summed E-state index contributed by atoms with van der Waals surface area (Å²) >= 11 is 0. The number of anilines is 3. The number of nitrogen functional groups attached to an aromatic ring is 1. The van der Waals surface area contributed by atoms with E-state index in [1.165, 1.54) is 6.33 Å². The molecule has 152 valence electrons. The molecule has 3 N–H and O–H groups in total. The lowest BCUT2D eigenvalue weighted by molar-refractivity contribution is 0.309. The molecule has 0 aliphatic carbocycles. The van der Waals surface area contributed by atoms with Gasteiger partial charge in [0.15, 0.2) is 11.6 Å². The molecule has 2 aromatic carbocycles. The maximum absolute atomic E-state index is 6.28. The first-order valence-electron chi connectivity index (χ1n) is 9.86. The number of hydrogen-bond acceptors (Lipinski definition) is 7. The highest BCUT2D eigenvalue weighted by atomic mass is 16.5. The third kappa shape index (κ3) is 4.41. The van der Waals surface area contributed by atoms with Crippen LogP contribution in [0, 0.1) is 0 Å². The van der Waals surface area contributed by atoms with E-state index in [1.54, 1.807) is 6.20 Å². The van der Waals surface area contributed by atoms with Crippen molar-refractivity contribution in [3.05, 3.63) is 67.1 Å². The molecule has 0 fully saturated rings. The van der Waals surface area contributed by atoms with Crippen LogP contribution in [0.25, 0.3) is 10.9 Å². The zero-order valence-corrected chi connectivity index (χ0v) is 16.7. The normalized spacial score (nSPS) is 10.7. The SMILES string of the molecule is CCCCOc1ccc(Nc2ncnc(Oc3cccc4cccnc34)c2N)cc1. The Morgan fingerprint density at radius 1 is 0.967 bits per heavy atom. The average Bonchev–Trinajstić information content (AvgIpc) is 2.78. The summed E-state index contributed by atoms with van der Waals surface area (Å²) in [5.41, 5.74) is 8.17. The van der Waals surface area contributed by atoms with Crippen molar-refractivity contribution in [2.24, 2.45) is 0 Å². The highest BCUT2D eigenvalue weighted by molar-refractivity contribution is 5.84. The molecule has 4 aromatic rings. The lowest BCUT2D eigenvalue weighted by atomic mass is 10.2. The molecule has 0 spiro atoms. The summed E-state index contributed by atoms with van der Waals surface area (Å²) in [6.07, 6.45) is 5.27. The number of rotatable bonds is 8. The molecule has 0 unspecified atom stereocenters. The van der Waals surface area contributed by atoms with E-state index in [2.05, 4.69) is 27.2 Å². The standard InChI is InChI=1S/C23H23N5O2/c1-2-3-14-29-18-11-9-17(10-12-18)28-22-20(24)23(27-15-26-22)30-19-8-4-6-16-7-5-13-25-21(16)19/h4-13,15H,2-3,14,24H2,1H3,(H,26,27,28). The van der Waals surface area contributed by atoms with Crippen molar-refractivity contribution in [3.8, 4) is 17.4 Å². The van der Waals surface area contributed by atoms with Crippen LogP contribution in [0.2, 0.25) is 0 Å². The predicted molar refractivity (Wildman–Crippen MR) is 118 cm³/mol. The van der Waals surface area contributed by atoms with Crippen molar-refractivity contribution in [1.29, 1.82) is 0 Å². The molecule has 2 aromatic heterocycles. The maximum Gasteiger partial charge on any atom is 0.248 e. The lowest BCUT2D eigenvalue weighted by Gasteiger charge is -2.13. The van der Waals surface area contributed by atoms with Gasteiger partial charge >= 0.3 is 0 Å². The van der Waals surface area contributed by atoms with Crippen molar-refractivity contribution in [3.63, 3.8) is 0 Å². The number of para-hydroxylation sites is 1. The van der Waals surface area contributed by atoms with Gasteiger partial charge in [0.2, 0.25) is 5.88 Å². The number of pyridine rings is 1. The van der Waals surface area contributed by atoms with E-state index in [9.17, 15) is 0 Å². The fraction of sp³-hybridized carbons (Fsp3) is 0.174. The predicted octanol–water partition coefficient (Wildman–Crippen LogP) is 5.32. The number of hydrogen-bond donors (Lipinski definition) is 2. The molecule has 0 bridgehead atoms. The number of nitrogens with zero attached hydrogens (tertiary/aromatic N) is 3. The minimum absolute atomic E-state index is 0.269. The molecule has 0 saturated heterocycles. The van der Waals surface area contributed by atoms with Crippen molar-refractivity contribution in [1.82, 2.24) is 15.0 Å². The molecule has 2 heterocycles. The number of ether oxygens (including phenoxy) is 2. The minimum atomic E-state index is 0.269. The third-order valence-electron chi connectivity index (χ3n) is 4.53. The van der Waals surface area contributed by atoms with Crippen molar-refractivity contribution in [2.75, 3.05) is 17.7 Å². The number of benzene rings is 2. The zero-order valence-electron chi connectivity index (χ0n) is 16.7. The van der Waals surface area contributed by atoms with Gasteiger partial charge in [-0.1, -0.05) is 31.5 Å². The molecule has 0 aliphatic rings.